The second-order valence-electron chi connectivity index (χ2n) is 5.29. The Kier molecular flexibility index (Phi) is 3.92. The molecule has 1 heterocycles. The Morgan fingerprint density at radius 1 is 1.05 bits per heavy atom. The van der Waals surface area contributed by atoms with Crippen LogP contribution in [0.3, 0.4) is 0 Å². The topological polar surface area (TPSA) is 46.6 Å². The SMILES string of the molecule is COC(=O)c1cccc(C(=O)N2CC[C@H]2c2ccccc2)c1. The van der Waals surface area contributed by atoms with Crippen LogP contribution in [0, 0.1) is 0 Å². The first-order valence-electron chi connectivity index (χ1n) is 7.25. The highest BCUT2D eigenvalue weighted by atomic mass is 16.5. The van der Waals surface area contributed by atoms with Gasteiger partial charge in [0.25, 0.3) is 5.91 Å². The van der Waals surface area contributed by atoms with Gasteiger partial charge >= 0.3 is 5.97 Å². The molecule has 1 fully saturated rings. The minimum atomic E-state index is -0.433. The summed E-state index contributed by atoms with van der Waals surface area (Å²) in [5.41, 5.74) is 2.06. The van der Waals surface area contributed by atoms with Crippen LogP contribution < -0.4 is 0 Å². The maximum absolute atomic E-state index is 12.6. The number of benzene rings is 2. The monoisotopic (exact) mass is 295 g/mol. The first-order chi connectivity index (χ1) is 10.7. The molecule has 3 rings (SSSR count). The molecule has 4 heteroatoms. The summed E-state index contributed by atoms with van der Waals surface area (Å²) in [6, 6.07) is 16.8. The summed E-state index contributed by atoms with van der Waals surface area (Å²) < 4.78 is 4.70. The van der Waals surface area contributed by atoms with Gasteiger partial charge in [-0.25, -0.2) is 4.79 Å². The summed E-state index contributed by atoms with van der Waals surface area (Å²) in [5.74, 6) is -0.483. The fraction of sp³-hybridized carbons (Fsp3) is 0.222. The molecule has 0 spiro atoms. The predicted octanol–water partition coefficient (Wildman–Crippen LogP) is 3.06. The van der Waals surface area contributed by atoms with Gasteiger partial charge in [-0.3, -0.25) is 4.79 Å². The molecule has 2 aromatic rings. The Morgan fingerprint density at radius 3 is 2.41 bits per heavy atom. The van der Waals surface area contributed by atoms with Gasteiger partial charge in [0.2, 0.25) is 0 Å². The molecule has 2 aromatic carbocycles. The number of esters is 1. The second-order valence-corrected chi connectivity index (χ2v) is 5.29. The van der Waals surface area contributed by atoms with Crippen molar-refractivity contribution in [3.8, 4) is 0 Å². The average Bonchev–Trinajstić information content (AvgIpc) is 2.54. The average molecular weight is 295 g/mol. The molecule has 1 amide bonds. The quantitative estimate of drug-likeness (QED) is 0.818. The van der Waals surface area contributed by atoms with Crippen LogP contribution >= 0.6 is 0 Å². The van der Waals surface area contributed by atoms with Crippen molar-refractivity contribution in [3.05, 3.63) is 71.3 Å². The largest absolute Gasteiger partial charge is 0.465 e. The van der Waals surface area contributed by atoms with E-state index in [1.807, 2.05) is 35.2 Å². The molecule has 0 aliphatic carbocycles. The van der Waals surface area contributed by atoms with Gasteiger partial charge < -0.3 is 9.64 Å². The smallest absolute Gasteiger partial charge is 0.337 e. The van der Waals surface area contributed by atoms with E-state index in [0.717, 1.165) is 18.5 Å². The first-order valence-corrected chi connectivity index (χ1v) is 7.25. The third kappa shape index (κ3) is 2.60. The molecule has 0 aromatic heterocycles. The third-order valence-electron chi connectivity index (χ3n) is 4.00. The predicted molar refractivity (Wildman–Crippen MR) is 82.6 cm³/mol. The summed E-state index contributed by atoms with van der Waals surface area (Å²) in [6.07, 6.45) is 0.965. The van der Waals surface area contributed by atoms with Gasteiger partial charge in [-0.05, 0) is 30.2 Å². The number of amides is 1. The van der Waals surface area contributed by atoms with Crippen LogP contribution in [-0.2, 0) is 4.74 Å². The van der Waals surface area contributed by atoms with Crippen LogP contribution in [0.5, 0.6) is 0 Å². The van der Waals surface area contributed by atoms with Crippen LogP contribution in [0.2, 0.25) is 0 Å². The fourth-order valence-corrected chi connectivity index (χ4v) is 2.72. The highest BCUT2D eigenvalue weighted by Gasteiger charge is 2.33. The number of hydrogen-bond donors (Lipinski definition) is 0. The Hall–Kier alpha value is -2.62. The highest BCUT2D eigenvalue weighted by Crippen LogP contribution is 2.34. The van der Waals surface area contributed by atoms with E-state index in [0.29, 0.717) is 11.1 Å². The lowest BCUT2D eigenvalue weighted by Crippen LogP contribution is -2.45. The maximum Gasteiger partial charge on any atom is 0.337 e. The molecule has 1 saturated heterocycles. The van der Waals surface area contributed by atoms with E-state index in [1.165, 1.54) is 7.11 Å². The van der Waals surface area contributed by atoms with Crippen LogP contribution in [0.4, 0.5) is 0 Å². The molecule has 112 valence electrons. The highest BCUT2D eigenvalue weighted by molar-refractivity contribution is 5.98. The summed E-state index contributed by atoms with van der Waals surface area (Å²) in [7, 11) is 1.33. The molecule has 1 aliphatic rings. The molecule has 0 unspecified atom stereocenters. The Balaban J connectivity index is 1.81. The Labute approximate surface area is 129 Å². The van der Waals surface area contributed by atoms with Crippen molar-refractivity contribution in [2.75, 3.05) is 13.7 Å². The van der Waals surface area contributed by atoms with E-state index in [-0.39, 0.29) is 11.9 Å². The molecule has 0 bridgehead atoms. The zero-order chi connectivity index (χ0) is 15.5. The maximum atomic E-state index is 12.6. The van der Waals surface area contributed by atoms with Gasteiger partial charge in [0, 0.05) is 12.1 Å². The van der Waals surface area contributed by atoms with E-state index in [9.17, 15) is 9.59 Å². The normalized spacial score (nSPS) is 16.8. The number of nitrogens with zero attached hydrogens (tertiary/aromatic N) is 1. The van der Waals surface area contributed by atoms with E-state index in [4.69, 9.17) is 4.74 Å². The summed E-state index contributed by atoms with van der Waals surface area (Å²) in [5, 5.41) is 0. The van der Waals surface area contributed by atoms with Gasteiger partial charge in [-0.2, -0.15) is 0 Å². The molecule has 22 heavy (non-hydrogen) atoms. The van der Waals surface area contributed by atoms with Crippen molar-refractivity contribution in [3.63, 3.8) is 0 Å². The Bertz CT molecular complexity index is 696. The number of methoxy groups -OCH3 is 1. The van der Waals surface area contributed by atoms with Gasteiger partial charge in [0.05, 0.1) is 18.7 Å². The van der Waals surface area contributed by atoms with Gasteiger partial charge in [0.1, 0.15) is 0 Å². The van der Waals surface area contributed by atoms with E-state index < -0.39 is 5.97 Å². The fourth-order valence-electron chi connectivity index (χ4n) is 2.72. The Morgan fingerprint density at radius 2 is 1.77 bits per heavy atom. The lowest BCUT2D eigenvalue weighted by atomic mass is 9.93. The number of likely N-dealkylation sites (tertiary alicyclic amines) is 1. The van der Waals surface area contributed by atoms with E-state index in [2.05, 4.69) is 0 Å². The number of rotatable bonds is 3. The van der Waals surface area contributed by atoms with Crippen molar-refractivity contribution in [2.24, 2.45) is 0 Å². The zero-order valence-corrected chi connectivity index (χ0v) is 12.4. The summed E-state index contributed by atoms with van der Waals surface area (Å²) in [6.45, 7) is 0.737. The summed E-state index contributed by atoms with van der Waals surface area (Å²) in [4.78, 5) is 26.1. The van der Waals surface area contributed by atoms with Crippen molar-refractivity contribution in [2.45, 2.75) is 12.5 Å². The van der Waals surface area contributed by atoms with Crippen LogP contribution in [0.25, 0.3) is 0 Å². The van der Waals surface area contributed by atoms with Gasteiger partial charge in [0.15, 0.2) is 0 Å². The van der Waals surface area contributed by atoms with Gasteiger partial charge in [-0.15, -0.1) is 0 Å². The number of ether oxygens (including phenoxy) is 1. The molecule has 0 N–H and O–H groups in total. The lowest BCUT2D eigenvalue weighted by Gasteiger charge is -2.41. The van der Waals surface area contributed by atoms with E-state index >= 15 is 0 Å². The van der Waals surface area contributed by atoms with Crippen LogP contribution in [0.15, 0.2) is 54.6 Å². The minimum absolute atomic E-state index is 0.0501. The molecule has 1 atom stereocenters. The van der Waals surface area contributed by atoms with Crippen molar-refractivity contribution in [1.82, 2.24) is 4.90 Å². The molecular weight excluding hydrogens is 278 g/mol. The van der Waals surface area contributed by atoms with Crippen LogP contribution in [0.1, 0.15) is 38.7 Å². The number of carbonyl (C=O) groups is 2. The lowest BCUT2D eigenvalue weighted by molar-refractivity contribution is 0.0460. The van der Waals surface area contributed by atoms with Crippen molar-refractivity contribution >= 4 is 11.9 Å². The van der Waals surface area contributed by atoms with Crippen LogP contribution in [-0.4, -0.2) is 30.4 Å². The second kappa shape index (κ2) is 6.02. The standard InChI is InChI=1S/C18H17NO3/c1-22-18(21)15-9-5-8-14(12-15)17(20)19-11-10-16(19)13-6-3-2-4-7-13/h2-9,12,16H,10-11H2,1H3/t16-/m0/s1. The van der Waals surface area contributed by atoms with E-state index in [1.54, 1.807) is 24.3 Å². The summed E-state index contributed by atoms with van der Waals surface area (Å²) >= 11 is 0. The molecule has 1 aliphatic heterocycles. The zero-order valence-electron chi connectivity index (χ0n) is 12.4. The molecule has 4 nitrogen and oxygen atoms in total. The minimum Gasteiger partial charge on any atom is -0.465 e. The van der Waals surface area contributed by atoms with Crippen molar-refractivity contribution < 1.29 is 14.3 Å². The first kappa shape index (κ1) is 14.3. The number of carbonyl (C=O) groups excluding carboxylic acids is 2. The molecule has 0 radical (unpaired) electrons. The molecular formula is C18H17NO3. The molecule has 0 saturated carbocycles. The van der Waals surface area contributed by atoms with Crippen molar-refractivity contribution in [1.29, 1.82) is 0 Å². The number of hydrogen-bond acceptors (Lipinski definition) is 3. The van der Waals surface area contributed by atoms with Gasteiger partial charge in [-0.1, -0.05) is 36.4 Å². The third-order valence-corrected chi connectivity index (χ3v) is 4.00.